The van der Waals surface area contributed by atoms with Crippen molar-refractivity contribution >= 4 is 5.96 Å². The minimum Gasteiger partial charge on any atom is -0.465 e. The van der Waals surface area contributed by atoms with E-state index in [1.165, 1.54) is 25.7 Å². The van der Waals surface area contributed by atoms with Crippen molar-refractivity contribution in [3.63, 3.8) is 0 Å². The Balaban J connectivity index is 1.49. The molecule has 0 aliphatic carbocycles. The second-order valence-electron chi connectivity index (χ2n) is 8.38. The molecule has 1 aromatic heterocycles. The van der Waals surface area contributed by atoms with Gasteiger partial charge < -0.3 is 19.4 Å². The molecule has 150 valence electrons. The molecule has 4 heterocycles. The molecule has 4 rings (SSSR count). The summed E-state index contributed by atoms with van der Waals surface area (Å²) in [4.78, 5) is 10.0. The number of nitrogens with zero attached hydrogens (tertiary/aromatic N) is 3. The average Bonchev–Trinajstić information content (AvgIpc) is 3.45. The Morgan fingerprint density at radius 3 is 2.78 bits per heavy atom. The molecular weight excluding hydrogens is 340 g/mol. The van der Waals surface area contributed by atoms with Crippen LogP contribution in [0.2, 0.25) is 0 Å². The molecule has 27 heavy (non-hydrogen) atoms. The van der Waals surface area contributed by atoms with Gasteiger partial charge in [-0.1, -0.05) is 0 Å². The maximum absolute atomic E-state index is 5.99. The summed E-state index contributed by atoms with van der Waals surface area (Å²) in [7, 11) is 0. The molecule has 1 N–H and O–H groups in total. The van der Waals surface area contributed by atoms with Crippen LogP contribution in [0.5, 0.6) is 0 Å². The molecule has 0 bridgehead atoms. The first-order valence-corrected chi connectivity index (χ1v) is 10.6. The zero-order chi connectivity index (χ0) is 18.7. The van der Waals surface area contributed by atoms with Crippen LogP contribution in [-0.2, 0) is 4.74 Å². The van der Waals surface area contributed by atoms with E-state index in [-0.39, 0.29) is 6.04 Å². The van der Waals surface area contributed by atoms with Crippen molar-refractivity contribution in [3.05, 3.63) is 23.7 Å². The molecular formula is C21H34N4O2. The van der Waals surface area contributed by atoms with Gasteiger partial charge in [0, 0.05) is 31.7 Å². The van der Waals surface area contributed by atoms with Crippen LogP contribution in [0.3, 0.4) is 0 Å². The molecule has 6 nitrogen and oxygen atoms in total. The highest BCUT2D eigenvalue weighted by Crippen LogP contribution is 2.38. The number of aliphatic imine (C=N–C) groups is 1. The maximum Gasteiger partial charge on any atom is 0.194 e. The third-order valence-electron chi connectivity index (χ3n) is 6.34. The number of guanidine groups is 1. The molecule has 1 spiro atoms. The summed E-state index contributed by atoms with van der Waals surface area (Å²) in [5, 5.41) is 3.52. The van der Waals surface area contributed by atoms with Crippen LogP contribution in [0.15, 0.2) is 21.5 Å². The molecule has 0 saturated carbocycles. The third kappa shape index (κ3) is 4.16. The molecule has 1 aromatic rings. The lowest BCUT2D eigenvalue weighted by molar-refractivity contribution is 0.156. The smallest absolute Gasteiger partial charge is 0.194 e. The standard InChI is InChI=1S/C21H34N4O2/c1-3-22-20(25-12-8-21(15-25)9-13-26-16-21)23-14-18(24-10-4-5-11-24)19-7-6-17(2)27-19/h6-7,18H,3-5,8-16H2,1-2H3,(H,22,23). The van der Waals surface area contributed by atoms with Crippen molar-refractivity contribution in [1.29, 1.82) is 0 Å². The largest absolute Gasteiger partial charge is 0.465 e. The Labute approximate surface area is 162 Å². The van der Waals surface area contributed by atoms with Gasteiger partial charge in [0.25, 0.3) is 0 Å². The van der Waals surface area contributed by atoms with Crippen LogP contribution in [0, 0.1) is 12.3 Å². The summed E-state index contributed by atoms with van der Waals surface area (Å²) in [6.07, 6.45) is 4.94. The summed E-state index contributed by atoms with van der Waals surface area (Å²) >= 11 is 0. The van der Waals surface area contributed by atoms with E-state index in [1.807, 2.05) is 6.92 Å². The van der Waals surface area contributed by atoms with E-state index in [9.17, 15) is 0 Å². The zero-order valence-corrected chi connectivity index (χ0v) is 16.9. The Morgan fingerprint density at radius 1 is 1.26 bits per heavy atom. The number of ether oxygens (including phenoxy) is 1. The highest BCUT2D eigenvalue weighted by molar-refractivity contribution is 5.80. The average molecular weight is 375 g/mol. The molecule has 3 aliphatic rings. The van der Waals surface area contributed by atoms with E-state index < -0.39 is 0 Å². The SMILES string of the molecule is CCNC(=NCC(c1ccc(C)o1)N1CCCC1)N1CCC2(CCOC2)C1. The summed E-state index contributed by atoms with van der Waals surface area (Å²) in [6, 6.07) is 4.43. The maximum atomic E-state index is 5.99. The summed E-state index contributed by atoms with van der Waals surface area (Å²) < 4.78 is 11.7. The van der Waals surface area contributed by atoms with Crippen molar-refractivity contribution in [2.75, 3.05) is 52.5 Å². The first-order valence-electron chi connectivity index (χ1n) is 10.6. The fraction of sp³-hybridized carbons (Fsp3) is 0.762. The summed E-state index contributed by atoms with van der Waals surface area (Å²) in [6.45, 7) is 12.0. The predicted molar refractivity (Wildman–Crippen MR) is 107 cm³/mol. The zero-order valence-electron chi connectivity index (χ0n) is 16.9. The van der Waals surface area contributed by atoms with Crippen LogP contribution in [-0.4, -0.2) is 68.2 Å². The van der Waals surface area contributed by atoms with Gasteiger partial charge in [-0.15, -0.1) is 0 Å². The van der Waals surface area contributed by atoms with Crippen molar-refractivity contribution in [2.45, 2.75) is 45.6 Å². The molecule has 3 fully saturated rings. The van der Waals surface area contributed by atoms with Crippen LogP contribution in [0.25, 0.3) is 0 Å². The van der Waals surface area contributed by atoms with Gasteiger partial charge in [0.2, 0.25) is 0 Å². The Morgan fingerprint density at radius 2 is 2.11 bits per heavy atom. The minimum atomic E-state index is 0.237. The number of aryl methyl sites for hydroxylation is 1. The van der Waals surface area contributed by atoms with Gasteiger partial charge in [-0.05, 0) is 64.8 Å². The first-order chi connectivity index (χ1) is 13.2. The van der Waals surface area contributed by atoms with Gasteiger partial charge >= 0.3 is 0 Å². The molecule has 0 radical (unpaired) electrons. The molecule has 3 saturated heterocycles. The summed E-state index contributed by atoms with van der Waals surface area (Å²) in [5.41, 5.74) is 0.350. The number of hydrogen-bond acceptors (Lipinski definition) is 4. The Bertz CT molecular complexity index is 644. The van der Waals surface area contributed by atoms with Gasteiger partial charge in [0.1, 0.15) is 11.5 Å². The number of likely N-dealkylation sites (tertiary alicyclic amines) is 2. The number of furan rings is 1. The molecule has 0 aromatic carbocycles. The third-order valence-corrected chi connectivity index (χ3v) is 6.34. The minimum absolute atomic E-state index is 0.237. The molecule has 3 aliphatic heterocycles. The van der Waals surface area contributed by atoms with E-state index in [0.717, 1.165) is 70.0 Å². The second-order valence-corrected chi connectivity index (χ2v) is 8.38. The molecule has 0 amide bonds. The monoisotopic (exact) mass is 374 g/mol. The van der Waals surface area contributed by atoms with Crippen LogP contribution in [0.4, 0.5) is 0 Å². The Kier molecular flexibility index (Phi) is 5.74. The van der Waals surface area contributed by atoms with Crippen LogP contribution < -0.4 is 5.32 Å². The van der Waals surface area contributed by atoms with E-state index in [0.29, 0.717) is 5.41 Å². The number of rotatable bonds is 5. The Hall–Kier alpha value is -1.53. The van der Waals surface area contributed by atoms with E-state index >= 15 is 0 Å². The molecule has 2 unspecified atom stereocenters. The van der Waals surface area contributed by atoms with Crippen molar-refractivity contribution in [1.82, 2.24) is 15.1 Å². The van der Waals surface area contributed by atoms with Crippen LogP contribution >= 0.6 is 0 Å². The molecule has 6 heteroatoms. The topological polar surface area (TPSA) is 53.2 Å². The fourth-order valence-corrected chi connectivity index (χ4v) is 4.76. The number of hydrogen-bond donors (Lipinski definition) is 1. The van der Waals surface area contributed by atoms with Crippen molar-refractivity contribution in [3.8, 4) is 0 Å². The van der Waals surface area contributed by atoms with E-state index in [4.69, 9.17) is 14.1 Å². The van der Waals surface area contributed by atoms with Gasteiger partial charge in [-0.3, -0.25) is 9.89 Å². The number of nitrogens with one attached hydrogen (secondary N) is 1. The van der Waals surface area contributed by atoms with Gasteiger partial charge in [-0.25, -0.2) is 0 Å². The van der Waals surface area contributed by atoms with Crippen molar-refractivity contribution in [2.24, 2.45) is 10.4 Å². The normalized spacial score (nSPS) is 27.8. The summed E-state index contributed by atoms with van der Waals surface area (Å²) in [5.74, 6) is 3.08. The quantitative estimate of drug-likeness (QED) is 0.634. The predicted octanol–water partition coefficient (Wildman–Crippen LogP) is 2.80. The van der Waals surface area contributed by atoms with E-state index in [2.05, 4.69) is 34.2 Å². The van der Waals surface area contributed by atoms with Gasteiger partial charge in [0.15, 0.2) is 5.96 Å². The highest BCUT2D eigenvalue weighted by atomic mass is 16.5. The molecule has 2 atom stereocenters. The first kappa shape index (κ1) is 18.8. The fourth-order valence-electron chi connectivity index (χ4n) is 4.76. The van der Waals surface area contributed by atoms with Crippen molar-refractivity contribution < 1.29 is 9.15 Å². The van der Waals surface area contributed by atoms with E-state index in [1.54, 1.807) is 0 Å². The lowest BCUT2D eigenvalue weighted by Gasteiger charge is -2.27. The lowest BCUT2D eigenvalue weighted by Crippen LogP contribution is -2.42. The highest BCUT2D eigenvalue weighted by Gasteiger charge is 2.42. The van der Waals surface area contributed by atoms with Gasteiger partial charge in [0.05, 0.1) is 19.2 Å². The van der Waals surface area contributed by atoms with Crippen LogP contribution in [0.1, 0.15) is 50.2 Å². The lowest BCUT2D eigenvalue weighted by atomic mass is 9.87. The second kappa shape index (κ2) is 8.23. The van der Waals surface area contributed by atoms with Gasteiger partial charge in [-0.2, -0.15) is 0 Å².